The molecule has 2 aromatic carbocycles. The molecular weight excluding hydrogens is 373 g/mol. The SMILES string of the molecule is O=C1CC[C@H](c2nc(-c3ccc4nc[nH]c4c3)no2)CN1Cc1cccc(F)c1. The lowest BCUT2D eigenvalue weighted by Gasteiger charge is -2.31. The monoisotopic (exact) mass is 391 g/mol. The van der Waals surface area contributed by atoms with E-state index in [0.29, 0.717) is 37.6 Å². The molecule has 1 saturated heterocycles. The summed E-state index contributed by atoms with van der Waals surface area (Å²) < 4.78 is 19.0. The van der Waals surface area contributed by atoms with Gasteiger partial charge in [0.1, 0.15) is 5.82 Å². The molecule has 3 heterocycles. The molecule has 0 unspecified atom stereocenters. The lowest BCUT2D eigenvalue weighted by Crippen LogP contribution is -2.38. The van der Waals surface area contributed by atoms with Crippen LogP contribution in [-0.2, 0) is 11.3 Å². The van der Waals surface area contributed by atoms with Crippen LogP contribution in [0, 0.1) is 5.82 Å². The number of likely N-dealkylation sites (tertiary alicyclic amines) is 1. The summed E-state index contributed by atoms with van der Waals surface area (Å²) in [5.41, 5.74) is 3.37. The van der Waals surface area contributed by atoms with Gasteiger partial charge in [0.05, 0.1) is 23.3 Å². The van der Waals surface area contributed by atoms with Crippen molar-refractivity contribution in [2.45, 2.75) is 25.3 Å². The number of nitrogens with zero attached hydrogens (tertiary/aromatic N) is 4. The number of aromatic amines is 1. The van der Waals surface area contributed by atoms with Gasteiger partial charge in [-0.3, -0.25) is 4.79 Å². The van der Waals surface area contributed by atoms with Crippen molar-refractivity contribution in [1.82, 2.24) is 25.0 Å². The summed E-state index contributed by atoms with van der Waals surface area (Å²) in [6, 6.07) is 12.0. The van der Waals surface area contributed by atoms with Gasteiger partial charge in [0.15, 0.2) is 0 Å². The van der Waals surface area contributed by atoms with Crippen LogP contribution in [-0.4, -0.2) is 37.5 Å². The maximum absolute atomic E-state index is 13.5. The van der Waals surface area contributed by atoms with E-state index in [1.807, 2.05) is 24.3 Å². The van der Waals surface area contributed by atoms with Gasteiger partial charge in [-0.25, -0.2) is 9.37 Å². The minimum atomic E-state index is -0.306. The topological polar surface area (TPSA) is 87.9 Å². The average molecular weight is 391 g/mol. The fourth-order valence-corrected chi connectivity index (χ4v) is 3.72. The molecule has 8 heteroatoms. The molecule has 0 bridgehead atoms. The number of aromatic nitrogens is 4. The molecule has 0 aliphatic carbocycles. The van der Waals surface area contributed by atoms with Crippen LogP contribution in [0.25, 0.3) is 22.4 Å². The molecule has 7 nitrogen and oxygen atoms in total. The van der Waals surface area contributed by atoms with Crippen molar-refractivity contribution in [1.29, 1.82) is 0 Å². The highest BCUT2D eigenvalue weighted by molar-refractivity contribution is 5.80. The van der Waals surface area contributed by atoms with Crippen molar-refractivity contribution < 1.29 is 13.7 Å². The van der Waals surface area contributed by atoms with E-state index in [1.54, 1.807) is 17.3 Å². The number of carbonyl (C=O) groups excluding carboxylic acids is 1. The fourth-order valence-electron chi connectivity index (χ4n) is 3.72. The minimum Gasteiger partial charge on any atom is -0.345 e. The van der Waals surface area contributed by atoms with Crippen molar-refractivity contribution in [2.24, 2.45) is 0 Å². The zero-order valence-corrected chi connectivity index (χ0v) is 15.5. The Morgan fingerprint density at radius 3 is 3.07 bits per heavy atom. The van der Waals surface area contributed by atoms with Gasteiger partial charge >= 0.3 is 0 Å². The van der Waals surface area contributed by atoms with Crippen LogP contribution < -0.4 is 0 Å². The normalized spacial score (nSPS) is 17.2. The highest BCUT2D eigenvalue weighted by Crippen LogP contribution is 2.29. The molecule has 1 aliphatic rings. The van der Waals surface area contributed by atoms with Gasteiger partial charge in [-0.15, -0.1) is 0 Å². The van der Waals surface area contributed by atoms with E-state index in [1.165, 1.54) is 12.1 Å². The summed E-state index contributed by atoms with van der Waals surface area (Å²) in [5.74, 6) is 0.721. The number of halogens is 1. The molecule has 4 aromatic rings. The van der Waals surface area contributed by atoms with Gasteiger partial charge in [-0.1, -0.05) is 17.3 Å². The number of H-pyrrole nitrogens is 1. The van der Waals surface area contributed by atoms with Crippen LogP contribution in [0.2, 0.25) is 0 Å². The number of hydrogen-bond donors (Lipinski definition) is 1. The van der Waals surface area contributed by atoms with Crippen LogP contribution in [0.4, 0.5) is 4.39 Å². The van der Waals surface area contributed by atoms with Crippen molar-refractivity contribution >= 4 is 16.9 Å². The molecule has 1 atom stereocenters. The van der Waals surface area contributed by atoms with E-state index in [9.17, 15) is 9.18 Å². The quantitative estimate of drug-likeness (QED) is 0.574. The number of rotatable bonds is 4. The summed E-state index contributed by atoms with van der Waals surface area (Å²) in [6.07, 6.45) is 2.69. The van der Waals surface area contributed by atoms with Crippen molar-refractivity contribution in [3.05, 3.63) is 66.1 Å². The molecule has 1 aliphatic heterocycles. The average Bonchev–Trinajstić information content (AvgIpc) is 3.38. The first-order valence-corrected chi connectivity index (χ1v) is 9.45. The third-order valence-corrected chi connectivity index (χ3v) is 5.23. The maximum Gasteiger partial charge on any atom is 0.231 e. The van der Waals surface area contributed by atoms with E-state index < -0.39 is 0 Å². The number of benzene rings is 2. The van der Waals surface area contributed by atoms with E-state index in [4.69, 9.17) is 4.52 Å². The van der Waals surface area contributed by atoms with Crippen LogP contribution in [0.15, 0.2) is 53.3 Å². The second kappa shape index (κ2) is 7.12. The first-order valence-electron chi connectivity index (χ1n) is 9.45. The Hall–Kier alpha value is -3.55. The predicted molar refractivity (Wildman–Crippen MR) is 103 cm³/mol. The molecule has 1 fully saturated rings. The van der Waals surface area contributed by atoms with Gasteiger partial charge in [0, 0.05) is 25.1 Å². The third-order valence-electron chi connectivity index (χ3n) is 5.23. The van der Waals surface area contributed by atoms with Crippen molar-refractivity contribution in [2.75, 3.05) is 6.54 Å². The first-order chi connectivity index (χ1) is 14.2. The number of imidazole rings is 1. The Labute approximate surface area is 165 Å². The Bertz CT molecular complexity index is 1180. The fraction of sp³-hybridized carbons (Fsp3) is 0.238. The molecule has 1 amide bonds. The number of nitrogens with one attached hydrogen (secondary N) is 1. The van der Waals surface area contributed by atoms with Crippen molar-refractivity contribution in [3.8, 4) is 11.4 Å². The zero-order chi connectivity index (χ0) is 19.8. The second-order valence-corrected chi connectivity index (χ2v) is 7.23. The number of piperidine rings is 1. The maximum atomic E-state index is 13.5. The van der Waals surface area contributed by atoms with Gasteiger partial charge in [0.25, 0.3) is 0 Å². The molecule has 2 aromatic heterocycles. The standard InChI is InChI=1S/C21H18FN5O2/c22-16-3-1-2-13(8-16)10-27-11-15(5-7-19(27)28)21-25-20(26-29-21)14-4-6-17-18(9-14)24-12-23-17/h1-4,6,8-9,12,15H,5,7,10-11H2,(H,23,24)/t15-/m0/s1. The number of hydrogen-bond acceptors (Lipinski definition) is 5. The highest BCUT2D eigenvalue weighted by atomic mass is 19.1. The molecular formula is C21H18FN5O2. The summed E-state index contributed by atoms with van der Waals surface area (Å²) in [7, 11) is 0. The lowest BCUT2D eigenvalue weighted by atomic mass is 9.97. The van der Waals surface area contributed by atoms with Gasteiger partial charge in [0.2, 0.25) is 17.6 Å². The third kappa shape index (κ3) is 3.49. The Kier molecular flexibility index (Phi) is 4.31. The van der Waals surface area contributed by atoms with E-state index in [2.05, 4.69) is 20.1 Å². The molecule has 0 spiro atoms. The van der Waals surface area contributed by atoms with Gasteiger partial charge in [-0.05, 0) is 42.3 Å². The summed E-state index contributed by atoms with van der Waals surface area (Å²) in [4.78, 5) is 25.9. The molecule has 0 radical (unpaired) electrons. The van der Waals surface area contributed by atoms with E-state index >= 15 is 0 Å². The molecule has 29 heavy (non-hydrogen) atoms. The van der Waals surface area contributed by atoms with Crippen molar-refractivity contribution in [3.63, 3.8) is 0 Å². The lowest BCUT2D eigenvalue weighted by molar-refractivity contribution is -0.134. The first kappa shape index (κ1) is 17.5. The minimum absolute atomic E-state index is 0.0432. The zero-order valence-electron chi connectivity index (χ0n) is 15.5. The summed E-state index contributed by atoms with van der Waals surface area (Å²) >= 11 is 0. The van der Waals surface area contributed by atoms with Crippen LogP contribution >= 0.6 is 0 Å². The summed E-state index contributed by atoms with van der Waals surface area (Å²) in [5, 5.41) is 4.12. The smallest absolute Gasteiger partial charge is 0.231 e. The van der Waals surface area contributed by atoms with Crippen LogP contribution in [0.1, 0.15) is 30.2 Å². The Balaban J connectivity index is 1.35. The molecule has 5 rings (SSSR count). The van der Waals surface area contributed by atoms with E-state index in [-0.39, 0.29) is 17.6 Å². The predicted octanol–water partition coefficient (Wildman–Crippen LogP) is 3.66. The van der Waals surface area contributed by atoms with Crippen LogP contribution in [0.3, 0.4) is 0 Å². The largest absolute Gasteiger partial charge is 0.345 e. The molecule has 0 saturated carbocycles. The molecule has 1 N–H and O–H groups in total. The number of carbonyl (C=O) groups is 1. The Morgan fingerprint density at radius 1 is 1.24 bits per heavy atom. The highest BCUT2D eigenvalue weighted by Gasteiger charge is 2.30. The molecule has 146 valence electrons. The second-order valence-electron chi connectivity index (χ2n) is 7.23. The van der Waals surface area contributed by atoms with Crippen LogP contribution in [0.5, 0.6) is 0 Å². The van der Waals surface area contributed by atoms with Gasteiger partial charge < -0.3 is 14.4 Å². The summed E-state index contributed by atoms with van der Waals surface area (Å²) in [6.45, 7) is 0.834. The van der Waals surface area contributed by atoms with Gasteiger partial charge in [-0.2, -0.15) is 4.98 Å². The van der Waals surface area contributed by atoms with E-state index in [0.717, 1.165) is 22.2 Å². The Morgan fingerprint density at radius 2 is 2.17 bits per heavy atom. The number of amides is 1. The number of fused-ring (bicyclic) bond motifs is 1.